The Morgan fingerprint density at radius 3 is 2.38 bits per heavy atom. The number of rotatable bonds is 5. The smallest absolute Gasteiger partial charge is 0.192 e. The van der Waals surface area contributed by atoms with E-state index < -0.39 is 8.32 Å². The molecule has 2 saturated heterocycles. The SMILES string of the molecule is CC1=C[C@@H](O[Si](C)(C)C(C)(C)C)[C@@H]([C@@H](C)/C=C/[C@@H]2[C@@H](C)[C@@]3(C)CC[C@]2(C)O3)CC1. The molecule has 2 aliphatic heterocycles. The Hall–Kier alpha value is -0.383. The van der Waals surface area contributed by atoms with E-state index >= 15 is 0 Å². The van der Waals surface area contributed by atoms with Crippen molar-refractivity contribution in [3.8, 4) is 0 Å². The quantitative estimate of drug-likeness (QED) is 0.339. The molecule has 3 heteroatoms. The van der Waals surface area contributed by atoms with Gasteiger partial charge in [-0.2, -0.15) is 0 Å². The van der Waals surface area contributed by atoms with Gasteiger partial charge in [-0.25, -0.2) is 0 Å². The Labute approximate surface area is 181 Å². The van der Waals surface area contributed by atoms with Crippen molar-refractivity contribution in [3.63, 3.8) is 0 Å². The normalized spacial score (nSPS) is 41.8. The monoisotopic (exact) mass is 418 g/mol. The summed E-state index contributed by atoms with van der Waals surface area (Å²) in [4.78, 5) is 0. The lowest BCUT2D eigenvalue weighted by atomic mass is 9.68. The number of ether oxygens (including phenoxy) is 1. The standard InChI is InChI=1S/C26H46O2Si/c1-18-11-13-21(23(17-18)27-29(9,10)24(4,5)6)19(2)12-14-22-20(3)25(7)15-16-26(22,8)28-25/h12,14,17,19-23H,11,13,15-16H2,1-10H3/b14-12+/t19-,20+,21+,22+,23+,25+,26-/m0/s1. The highest BCUT2D eigenvalue weighted by atomic mass is 28.4. The summed E-state index contributed by atoms with van der Waals surface area (Å²) in [6, 6.07) is 0. The molecule has 166 valence electrons. The van der Waals surface area contributed by atoms with E-state index in [4.69, 9.17) is 9.16 Å². The molecular weight excluding hydrogens is 372 g/mol. The Bertz CT molecular complexity index is 673. The zero-order chi connectivity index (χ0) is 21.8. The second-order valence-corrected chi connectivity index (χ2v) is 17.1. The second-order valence-electron chi connectivity index (χ2n) is 12.3. The third-order valence-electron chi connectivity index (χ3n) is 9.07. The minimum Gasteiger partial charge on any atom is -0.410 e. The molecule has 1 aliphatic carbocycles. The first-order valence-corrected chi connectivity index (χ1v) is 14.8. The second kappa shape index (κ2) is 7.64. The van der Waals surface area contributed by atoms with Gasteiger partial charge in [0.15, 0.2) is 8.32 Å². The Morgan fingerprint density at radius 2 is 1.83 bits per heavy atom. The van der Waals surface area contributed by atoms with E-state index in [1.165, 1.54) is 31.3 Å². The fourth-order valence-electron chi connectivity index (χ4n) is 5.65. The van der Waals surface area contributed by atoms with Crippen LogP contribution >= 0.6 is 0 Å². The number of hydrogen-bond acceptors (Lipinski definition) is 2. The maximum absolute atomic E-state index is 6.93. The summed E-state index contributed by atoms with van der Waals surface area (Å²) in [7, 11) is -1.79. The molecule has 2 bridgehead atoms. The van der Waals surface area contributed by atoms with Gasteiger partial charge >= 0.3 is 0 Å². The van der Waals surface area contributed by atoms with Gasteiger partial charge in [-0.05, 0) is 82.3 Å². The maximum Gasteiger partial charge on any atom is 0.192 e. The third-order valence-corrected chi connectivity index (χ3v) is 13.5. The molecule has 0 saturated carbocycles. The lowest BCUT2D eigenvalue weighted by Crippen LogP contribution is -2.46. The van der Waals surface area contributed by atoms with E-state index in [1.54, 1.807) is 0 Å². The minimum absolute atomic E-state index is 0.0322. The van der Waals surface area contributed by atoms with Crippen LogP contribution in [0.5, 0.6) is 0 Å². The van der Waals surface area contributed by atoms with Gasteiger partial charge in [0, 0.05) is 5.92 Å². The minimum atomic E-state index is -1.79. The third kappa shape index (κ3) is 4.34. The molecule has 3 aliphatic rings. The highest BCUT2D eigenvalue weighted by Crippen LogP contribution is 2.57. The van der Waals surface area contributed by atoms with Crippen molar-refractivity contribution in [2.24, 2.45) is 23.7 Å². The highest BCUT2D eigenvalue weighted by Gasteiger charge is 2.60. The van der Waals surface area contributed by atoms with Gasteiger partial charge in [-0.1, -0.05) is 58.4 Å². The zero-order valence-corrected chi connectivity index (χ0v) is 21.8. The Balaban J connectivity index is 1.75. The summed E-state index contributed by atoms with van der Waals surface area (Å²) in [6.45, 7) is 23.5. The van der Waals surface area contributed by atoms with Crippen LogP contribution in [0.2, 0.25) is 18.1 Å². The van der Waals surface area contributed by atoms with Gasteiger partial charge in [0.25, 0.3) is 0 Å². The van der Waals surface area contributed by atoms with Crippen molar-refractivity contribution in [1.29, 1.82) is 0 Å². The maximum atomic E-state index is 6.93. The lowest BCUT2D eigenvalue weighted by Gasteiger charge is -2.43. The summed E-state index contributed by atoms with van der Waals surface area (Å²) in [5.41, 5.74) is 1.60. The van der Waals surface area contributed by atoms with Gasteiger partial charge in [0.1, 0.15) is 0 Å². The topological polar surface area (TPSA) is 18.5 Å². The summed E-state index contributed by atoms with van der Waals surface area (Å²) in [5, 5.41) is 0.246. The summed E-state index contributed by atoms with van der Waals surface area (Å²) < 4.78 is 13.4. The summed E-state index contributed by atoms with van der Waals surface area (Å²) in [5.74, 6) is 2.22. The average molecular weight is 419 g/mol. The van der Waals surface area contributed by atoms with E-state index in [0.717, 1.165) is 0 Å². The molecule has 0 N–H and O–H groups in total. The van der Waals surface area contributed by atoms with Crippen LogP contribution in [0.4, 0.5) is 0 Å². The zero-order valence-electron chi connectivity index (χ0n) is 20.8. The number of fused-ring (bicyclic) bond motifs is 2. The summed E-state index contributed by atoms with van der Waals surface area (Å²) in [6.07, 6.45) is 12.5. The average Bonchev–Trinajstić information content (AvgIpc) is 2.99. The molecule has 7 atom stereocenters. The Morgan fingerprint density at radius 1 is 1.21 bits per heavy atom. The van der Waals surface area contributed by atoms with Crippen LogP contribution in [0.1, 0.15) is 81.1 Å². The molecule has 0 amide bonds. The molecular formula is C26H46O2Si. The van der Waals surface area contributed by atoms with Crippen molar-refractivity contribution < 1.29 is 9.16 Å². The predicted molar refractivity (Wildman–Crippen MR) is 127 cm³/mol. The van der Waals surface area contributed by atoms with Crippen LogP contribution in [0.25, 0.3) is 0 Å². The van der Waals surface area contributed by atoms with Gasteiger partial charge in [0.05, 0.1) is 17.3 Å². The van der Waals surface area contributed by atoms with Crippen LogP contribution in [-0.4, -0.2) is 25.6 Å². The molecule has 2 nitrogen and oxygen atoms in total. The van der Waals surface area contributed by atoms with Crippen LogP contribution in [0, 0.1) is 23.7 Å². The van der Waals surface area contributed by atoms with Crippen molar-refractivity contribution in [2.75, 3.05) is 0 Å². The first kappa shape index (κ1) is 23.3. The van der Waals surface area contributed by atoms with Crippen molar-refractivity contribution in [3.05, 3.63) is 23.8 Å². The first-order valence-electron chi connectivity index (χ1n) is 11.9. The van der Waals surface area contributed by atoms with Crippen molar-refractivity contribution in [2.45, 2.75) is 117 Å². The van der Waals surface area contributed by atoms with Crippen molar-refractivity contribution in [1.82, 2.24) is 0 Å². The molecule has 2 fully saturated rings. The fraction of sp³-hybridized carbons (Fsp3) is 0.846. The predicted octanol–water partition coefficient (Wildman–Crippen LogP) is 7.52. The van der Waals surface area contributed by atoms with Crippen LogP contribution in [0.3, 0.4) is 0 Å². The molecule has 2 heterocycles. The molecule has 0 aromatic carbocycles. The van der Waals surface area contributed by atoms with E-state index in [-0.39, 0.29) is 22.3 Å². The molecule has 0 aromatic rings. The van der Waals surface area contributed by atoms with Crippen LogP contribution in [-0.2, 0) is 9.16 Å². The Kier molecular flexibility index (Phi) is 6.13. The first-order chi connectivity index (χ1) is 13.2. The molecule has 0 spiro atoms. The van der Waals surface area contributed by atoms with Crippen LogP contribution < -0.4 is 0 Å². The van der Waals surface area contributed by atoms with Crippen LogP contribution in [0.15, 0.2) is 23.8 Å². The van der Waals surface area contributed by atoms with Gasteiger partial charge in [-0.15, -0.1) is 0 Å². The molecule has 29 heavy (non-hydrogen) atoms. The van der Waals surface area contributed by atoms with Crippen molar-refractivity contribution >= 4 is 8.32 Å². The van der Waals surface area contributed by atoms with E-state index in [1.807, 2.05) is 0 Å². The van der Waals surface area contributed by atoms with E-state index in [9.17, 15) is 0 Å². The number of hydrogen-bond donors (Lipinski definition) is 0. The molecule has 3 rings (SSSR count). The van der Waals surface area contributed by atoms with Gasteiger partial charge in [0.2, 0.25) is 0 Å². The molecule has 0 aromatic heterocycles. The van der Waals surface area contributed by atoms with Gasteiger partial charge < -0.3 is 9.16 Å². The summed E-state index contributed by atoms with van der Waals surface area (Å²) >= 11 is 0. The molecule has 0 radical (unpaired) electrons. The van der Waals surface area contributed by atoms with E-state index in [2.05, 4.69) is 86.7 Å². The lowest BCUT2D eigenvalue weighted by molar-refractivity contribution is -0.0395. The molecule has 0 unspecified atom stereocenters. The fourth-order valence-corrected chi connectivity index (χ4v) is 6.93. The largest absolute Gasteiger partial charge is 0.410 e. The number of allylic oxidation sites excluding steroid dienone is 2. The van der Waals surface area contributed by atoms with Gasteiger partial charge in [-0.3, -0.25) is 0 Å². The highest BCUT2D eigenvalue weighted by molar-refractivity contribution is 6.74. The van der Waals surface area contributed by atoms with E-state index in [0.29, 0.717) is 23.7 Å².